The fourth-order valence-electron chi connectivity index (χ4n) is 2.45. The summed E-state index contributed by atoms with van der Waals surface area (Å²) in [6, 6.07) is 11.5. The second-order valence-electron chi connectivity index (χ2n) is 6.05. The number of nitrogens with zero attached hydrogens (tertiary/aromatic N) is 3. The zero-order chi connectivity index (χ0) is 22.2. The van der Waals surface area contributed by atoms with Crippen molar-refractivity contribution in [2.45, 2.75) is 6.42 Å². The first-order valence-corrected chi connectivity index (χ1v) is 9.77. The first-order valence-electron chi connectivity index (χ1n) is 8.96. The van der Waals surface area contributed by atoms with E-state index in [0.29, 0.717) is 27.6 Å². The summed E-state index contributed by atoms with van der Waals surface area (Å²) in [7, 11) is 2.98. The molecule has 2 amide bonds. The first kappa shape index (κ1) is 21.7. The van der Waals surface area contributed by atoms with Gasteiger partial charge in [-0.05, 0) is 36.4 Å². The van der Waals surface area contributed by atoms with Crippen LogP contribution in [-0.4, -0.2) is 47.6 Å². The van der Waals surface area contributed by atoms with E-state index in [1.165, 1.54) is 13.3 Å². The predicted molar refractivity (Wildman–Crippen MR) is 115 cm³/mol. The van der Waals surface area contributed by atoms with Crippen LogP contribution in [0.5, 0.6) is 17.2 Å². The minimum atomic E-state index is -0.428. The van der Waals surface area contributed by atoms with Gasteiger partial charge in [0.05, 0.1) is 26.9 Å². The molecule has 10 nitrogen and oxygen atoms in total. The van der Waals surface area contributed by atoms with Gasteiger partial charge in [-0.25, -0.2) is 5.43 Å². The van der Waals surface area contributed by atoms with Gasteiger partial charge in [0.25, 0.3) is 5.91 Å². The number of aromatic nitrogens is 2. The number of anilines is 1. The Kier molecular flexibility index (Phi) is 7.12. The van der Waals surface area contributed by atoms with Crippen LogP contribution in [-0.2, 0) is 11.2 Å². The van der Waals surface area contributed by atoms with Crippen LogP contribution in [0, 0.1) is 0 Å². The van der Waals surface area contributed by atoms with Crippen molar-refractivity contribution in [1.82, 2.24) is 15.6 Å². The molecule has 2 aromatic carbocycles. The van der Waals surface area contributed by atoms with Crippen molar-refractivity contribution < 1.29 is 24.2 Å². The standard InChI is InChI=1S/C20H19N5O5S/c1-29-14-8-6-12(7-9-14)19(28)22-20-25-24-17(31-20)10-16(26)23-21-11-13-4-3-5-15(30-2)18(13)27/h3-9,11,27H,10H2,1-2H3,(H,23,26)(H,22,25,28)/b21-11+. The first-order chi connectivity index (χ1) is 15.0. The Hall–Kier alpha value is -3.99. The molecule has 3 aromatic rings. The smallest absolute Gasteiger partial charge is 0.257 e. The van der Waals surface area contributed by atoms with Crippen LogP contribution >= 0.6 is 11.3 Å². The van der Waals surface area contributed by atoms with Gasteiger partial charge in [-0.1, -0.05) is 17.4 Å². The average molecular weight is 441 g/mol. The Morgan fingerprint density at radius 2 is 1.90 bits per heavy atom. The molecule has 0 unspecified atom stereocenters. The molecule has 0 radical (unpaired) electrons. The zero-order valence-corrected chi connectivity index (χ0v) is 17.5. The molecule has 0 fully saturated rings. The van der Waals surface area contributed by atoms with E-state index in [2.05, 4.69) is 26.0 Å². The van der Waals surface area contributed by atoms with E-state index in [-0.39, 0.29) is 23.2 Å². The van der Waals surface area contributed by atoms with Crippen molar-refractivity contribution in [3.63, 3.8) is 0 Å². The van der Waals surface area contributed by atoms with E-state index in [9.17, 15) is 14.7 Å². The number of aromatic hydroxyl groups is 1. The third-order valence-electron chi connectivity index (χ3n) is 3.99. The number of phenolic OH excluding ortho intramolecular Hbond substituents is 1. The van der Waals surface area contributed by atoms with Gasteiger partial charge in [-0.15, -0.1) is 10.2 Å². The van der Waals surface area contributed by atoms with Gasteiger partial charge in [-0.2, -0.15) is 5.10 Å². The van der Waals surface area contributed by atoms with Crippen molar-refractivity contribution >= 4 is 34.5 Å². The molecule has 0 saturated heterocycles. The Morgan fingerprint density at radius 1 is 1.13 bits per heavy atom. The molecular weight excluding hydrogens is 422 g/mol. The minimum Gasteiger partial charge on any atom is -0.504 e. The predicted octanol–water partition coefficient (Wildman–Crippen LogP) is 2.21. The highest BCUT2D eigenvalue weighted by molar-refractivity contribution is 7.15. The van der Waals surface area contributed by atoms with Crippen molar-refractivity contribution in [3.05, 3.63) is 58.6 Å². The summed E-state index contributed by atoms with van der Waals surface area (Å²) in [5, 5.41) is 24.9. The number of benzene rings is 2. The molecule has 160 valence electrons. The number of carbonyl (C=O) groups excluding carboxylic acids is 2. The molecule has 0 aliphatic rings. The number of phenols is 1. The van der Waals surface area contributed by atoms with Crippen molar-refractivity contribution in [2.75, 3.05) is 19.5 Å². The number of carbonyl (C=O) groups is 2. The van der Waals surface area contributed by atoms with Crippen molar-refractivity contribution in [2.24, 2.45) is 5.10 Å². The molecule has 0 atom stereocenters. The van der Waals surface area contributed by atoms with Crippen LogP contribution in [0.25, 0.3) is 0 Å². The quantitative estimate of drug-likeness (QED) is 0.360. The van der Waals surface area contributed by atoms with Gasteiger partial charge in [0.15, 0.2) is 11.5 Å². The lowest BCUT2D eigenvalue weighted by atomic mass is 10.2. The SMILES string of the molecule is COc1ccc(C(=O)Nc2nnc(CC(=O)N/N=C/c3cccc(OC)c3O)s2)cc1. The molecule has 0 spiro atoms. The fourth-order valence-corrected chi connectivity index (χ4v) is 3.18. The molecule has 1 heterocycles. The maximum atomic E-state index is 12.3. The summed E-state index contributed by atoms with van der Waals surface area (Å²) in [4.78, 5) is 24.3. The summed E-state index contributed by atoms with van der Waals surface area (Å²) >= 11 is 1.08. The summed E-state index contributed by atoms with van der Waals surface area (Å²) < 4.78 is 10.1. The van der Waals surface area contributed by atoms with E-state index in [1.807, 2.05) is 0 Å². The lowest BCUT2D eigenvalue weighted by Crippen LogP contribution is -2.19. The maximum Gasteiger partial charge on any atom is 0.257 e. The zero-order valence-electron chi connectivity index (χ0n) is 16.7. The van der Waals surface area contributed by atoms with E-state index >= 15 is 0 Å². The van der Waals surface area contributed by atoms with Gasteiger partial charge < -0.3 is 14.6 Å². The number of hydrogen-bond donors (Lipinski definition) is 3. The maximum absolute atomic E-state index is 12.3. The van der Waals surface area contributed by atoms with Gasteiger partial charge in [0.1, 0.15) is 10.8 Å². The molecule has 0 saturated carbocycles. The molecule has 11 heteroatoms. The number of amides is 2. The van der Waals surface area contributed by atoms with Crippen LogP contribution < -0.4 is 20.2 Å². The van der Waals surface area contributed by atoms with Crippen molar-refractivity contribution in [3.8, 4) is 17.2 Å². The number of para-hydroxylation sites is 1. The third-order valence-corrected chi connectivity index (χ3v) is 4.83. The second-order valence-corrected chi connectivity index (χ2v) is 7.11. The highest BCUT2D eigenvalue weighted by Crippen LogP contribution is 2.27. The number of ether oxygens (including phenoxy) is 2. The molecule has 3 N–H and O–H groups in total. The fraction of sp³-hybridized carbons (Fsp3) is 0.150. The van der Waals surface area contributed by atoms with Gasteiger partial charge in [-0.3, -0.25) is 14.9 Å². The number of nitrogens with one attached hydrogen (secondary N) is 2. The van der Waals surface area contributed by atoms with Crippen LogP contribution in [0.15, 0.2) is 47.6 Å². The summed E-state index contributed by atoms with van der Waals surface area (Å²) in [5.41, 5.74) is 3.17. The molecule has 0 bridgehead atoms. The molecule has 0 aliphatic heterocycles. The molecule has 0 aliphatic carbocycles. The normalized spacial score (nSPS) is 10.6. The van der Waals surface area contributed by atoms with Crippen LogP contribution in [0.1, 0.15) is 20.9 Å². The summed E-state index contributed by atoms with van der Waals surface area (Å²) in [5.74, 6) is 0.0862. The summed E-state index contributed by atoms with van der Waals surface area (Å²) in [6.07, 6.45) is 1.23. The minimum absolute atomic E-state index is 0.0719. The average Bonchev–Trinajstić information content (AvgIpc) is 3.21. The number of hydrazone groups is 1. The van der Waals surface area contributed by atoms with Gasteiger partial charge >= 0.3 is 0 Å². The van der Waals surface area contributed by atoms with Crippen molar-refractivity contribution in [1.29, 1.82) is 0 Å². The van der Waals surface area contributed by atoms with Gasteiger partial charge in [0, 0.05) is 11.1 Å². The topological polar surface area (TPSA) is 135 Å². The third kappa shape index (κ3) is 5.76. The second kappa shape index (κ2) is 10.2. The number of methoxy groups -OCH3 is 2. The number of hydrogen-bond acceptors (Lipinski definition) is 9. The lowest BCUT2D eigenvalue weighted by Gasteiger charge is -2.04. The monoisotopic (exact) mass is 441 g/mol. The largest absolute Gasteiger partial charge is 0.504 e. The van der Waals surface area contributed by atoms with E-state index in [0.717, 1.165) is 11.3 Å². The van der Waals surface area contributed by atoms with Crippen LogP contribution in [0.2, 0.25) is 0 Å². The molecular formula is C20H19N5O5S. The van der Waals surface area contributed by atoms with Crippen LogP contribution in [0.3, 0.4) is 0 Å². The highest BCUT2D eigenvalue weighted by Gasteiger charge is 2.13. The Morgan fingerprint density at radius 3 is 2.61 bits per heavy atom. The van der Waals surface area contributed by atoms with E-state index in [4.69, 9.17) is 9.47 Å². The Labute approximate surface area is 181 Å². The lowest BCUT2D eigenvalue weighted by molar-refractivity contribution is -0.120. The van der Waals surface area contributed by atoms with Crippen LogP contribution in [0.4, 0.5) is 5.13 Å². The van der Waals surface area contributed by atoms with E-state index in [1.54, 1.807) is 49.6 Å². The molecule has 1 aromatic heterocycles. The van der Waals surface area contributed by atoms with Gasteiger partial charge in [0.2, 0.25) is 11.0 Å². The Bertz CT molecular complexity index is 1100. The Balaban J connectivity index is 1.53. The molecule has 3 rings (SSSR count). The highest BCUT2D eigenvalue weighted by atomic mass is 32.1. The molecule has 31 heavy (non-hydrogen) atoms. The number of rotatable bonds is 8. The van der Waals surface area contributed by atoms with E-state index < -0.39 is 5.91 Å². The summed E-state index contributed by atoms with van der Waals surface area (Å²) in [6.45, 7) is 0.